The van der Waals surface area contributed by atoms with E-state index in [0.29, 0.717) is 6.54 Å². The molecular weight excluding hydrogens is 324 g/mol. The third kappa shape index (κ3) is 4.08. The first kappa shape index (κ1) is 17.7. The Morgan fingerprint density at radius 1 is 1.12 bits per heavy atom. The van der Waals surface area contributed by atoms with Crippen molar-refractivity contribution in [3.63, 3.8) is 0 Å². The number of aliphatic imine (C=N–C) groups is 1. The fraction of sp³-hybridized carbons (Fsp3) is 0.250. The van der Waals surface area contributed by atoms with Gasteiger partial charge in [-0.15, -0.1) is 10.2 Å². The Morgan fingerprint density at radius 2 is 1.85 bits per heavy atom. The number of hydrogen-bond donors (Lipinski definition) is 1. The smallest absolute Gasteiger partial charge is 0.194 e. The zero-order valence-electron chi connectivity index (χ0n) is 15.4. The van der Waals surface area contributed by atoms with Gasteiger partial charge >= 0.3 is 0 Å². The van der Waals surface area contributed by atoms with Crippen LogP contribution in [0.2, 0.25) is 0 Å². The lowest BCUT2D eigenvalue weighted by molar-refractivity contribution is 0.473. The van der Waals surface area contributed by atoms with E-state index in [4.69, 9.17) is 0 Å². The molecule has 0 spiro atoms. The Balaban J connectivity index is 1.67. The molecule has 6 heteroatoms. The first-order chi connectivity index (χ1) is 12.7. The van der Waals surface area contributed by atoms with Crippen LogP contribution in [0.5, 0.6) is 0 Å². The van der Waals surface area contributed by atoms with Crippen LogP contribution in [0.3, 0.4) is 0 Å². The van der Waals surface area contributed by atoms with E-state index in [1.54, 1.807) is 13.4 Å². The highest BCUT2D eigenvalue weighted by Crippen LogP contribution is 2.11. The van der Waals surface area contributed by atoms with Gasteiger partial charge in [-0.05, 0) is 30.2 Å². The summed E-state index contributed by atoms with van der Waals surface area (Å²) in [7, 11) is 3.82. The van der Waals surface area contributed by atoms with E-state index < -0.39 is 0 Å². The minimum atomic E-state index is 0.541. The number of benzene rings is 2. The third-order valence-electron chi connectivity index (χ3n) is 4.30. The molecule has 26 heavy (non-hydrogen) atoms. The summed E-state index contributed by atoms with van der Waals surface area (Å²) in [6, 6.07) is 18.5. The first-order valence-corrected chi connectivity index (χ1v) is 8.59. The molecule has 0 saturated carbocycles. The zero-order valence-corrected chi connectivity index (χ0v) is 15.4. The molecule has 0 aliphatic heterocycles. The van der Waals surface area contributed by atoms with Gasteiger partial charge in [-0.1, -0.05) is 42.5 Å². The quantitative estimate of drug-likeness (QED) is 0.569. The van der Waals surface area contributed by atoms with E-state index >= 15 is 0 Å². The number of aryl methyl sites for hydroxylation is 1. The Kier molecular flexibility index (Phi) is 5.63. The lowest BCUT2D eigenvalue weighted by Gasteiger charge is -2.23. The van der Waals surface area contributed by atoms with Gasteiger partial charge in [-0.25, -0.2) is 0 Å². The van der Waals surface area contributed by atoms with Gasteiger partial charge in [-0.2, -0.15) is 0 Å². The second kappa shape index (κ2) is 8.29. The predicted molar refractivity (Wildman–Crippen MR) is 104 cm³/mol. The van der Waals surface area contributed by atoms with Crippen molar-refractivity contribution in [2.45, 2.75) is 20.0 Å². The molecule has 134 valence electrons. The Hall–Kier alpha value is -3.15. The molecule has 0 aliphatic carbocycles. The van der Waals surface area contributed by atoms with Crippen molar-refractivity contribution in [3.05, 3.63) is 77.9 Å². The van der Waals surface area contributed by atoms with Gasteiger partial charge < -0.3 is 10.2 Å². The second-order valence-electron chi connectivity index (χ2n) is 6.14. The standard InChI is InChI=1S/C20H24N6/c1-16-9-7-8-10-17(16)14-25(3)20(21-2)22-13-19-24-23-15-26(19)18-11-5-4-6-12-18/h4-12,15H,13-14H2,1-3H3,(H,21,22). The molecule has 0 fully saturated rings. The van der Waals surface area contributed by atoms with E-state index in [1.807, 2.05) is 41.9 Å². The largest absolute Gasteiger partial charge is 0.349 e. The van der Waals surface area contributed by atoms with Crippen LogP contribution in [0.15, 0.2) is 65.9 Å². The highest BCUT2D eigenvalue weighted by atomic mass is 15.3. The van der Waals surface area contributed by atoms with E-state index in [1.165, 1.54) is 11.1 Å². The molecule has 3 aromatic rings. The molecule has 2 aromatic carbocycles. The van der Waals surface area contributed by atoms with Crippen LogP contribution in [0.1, 0.15) is 17.0 Å². The van der Waals surface area contributed by atoms with E-state index in [0.717, 1.165) is 24.0 Å². The van der Waals surface area contributed by atoms with Gasteiger partial charge in [0.25, 0.3) is 0 Å². The number of aromatic nitrogens is 3. The number of rotatable bonds is 5. The van der Waals surface area contributed by atoms with E-state index in [9.17, 15) is 0 Å². The summed E-state index contributed by atoms with van der Waals surface area (Å²) < 4.78 is 1.97. The Morgan fingerprint density at radius 3 is 2.58 bits per heavy atom. The maximum Gasteiger partial charge on any atom is 0.194 e. The molecule has 1 aromatic heterocycles. The second-order valence-corrected chi connectivity index (χ2v) is 6.14. The first-order valence-electron chi connectivity index (χ1n) is 8.59. The molecule has 0 atom stereocenters. The number of para-hydroxylation sites is 1. The van der Waals surface area contributed by atoms with E-state index in [2.05, 4.69) is 56.6 Å². The van der Waals surface area contributed by atoms with Gasteiger partial charge in [0.15, 0.2) is 11.8 Å². The maximum absolute atomic E-state index is 4.39. The van der Waals surface area contributed by atoms with Crippen LogP contribution in [-0.2, 0) is 13.1 Å². The summed E-state index contributed by atoms with van der Waals surface area (Å²) in [5, 5.41) is 11.7. The van der Waals surface area contributed by atoms with Crippen molar-refractivity contribution in [1.82, 2.24) is 25.0 Å². The molecule has 6 nitrogen and oxygen atoms in total. The molecule has 0 radical (unpaired) electrons. The minimum absolute atomic E-state index is 0.541. The van der Waals surface area contributed by atoms with Gasteiger partial charge in [0, 0.05) is 26.3 Å². The lowest BCUT2D eigenvalue weighted by atomic mass is 10.1. The van der Waals surface area contributed by atoms with Crippen LogP contribution in [0.4, 0.5) is 0 Å². The molecular formula is C20H24N6. The Labute approximate surface area is 154 Å². The summed E-state index contributed by atoms with van der Waals surface area (Å²) in [4.78, 5) is 6.49. The lowest BCUT2D eigenvalue weighted by Crippen LogP contribution is -2.38. The van der Waals surface area contributed by atoms with Crippen LogP contribution in [0, 0.1) is 6.92 Å². The maximum atomic E-state index is 4.39. The predicted octanol–water partition coefficient (Wildman–Crippen LogP) is 2.78. The summed E-state index contributed by atoms with van der Waals surface area (Å²) in [5.41, 5.74) is 3.60. The normalized spacial score (nSPS) is 11.4. The number of hydrogen-bond acceptors (Lipinski definition) is 3. The average Bonchev–Trinajstić information content (AvgIpc) is 3.13. The SMILES string of the molecule is CN=C(NCc1nncn1-c1ccccc1)N(C)Cc1ccccc1C. The van der Waals surface area contributed by atoms with Crippen LogP contribution in [-0.4, -0.2) is 39.7 Å². The molecule has 0 saturated heterocycles. The third-order valence-corrected chi connectivity index (χ3v) is 4.30. The number of nitrogens with zero attached hydrogens (tertiary/aromatic N) is 5. The monoisotopic (exact) mass is 348 g/mol. The highest BCUT2D eigenvalue weighted by molar-refractivity contribution is 5.79. The molecule has 0 amide bonds. The van der Waals surface area contributed by atoms with Crippen molar-refractivity contribution in [2.75, 3.05) is 14.1 Å². The van der Waals surface area contributed by atoms with Gasteiger partial charge in [-0.3, -0.25) is 9.56 Å². The van der Waals surface area contributed by atoms with Crippen molar-refractivity contribution in [2.24, 2.45) is 4.99 Å². The minimum Gasteiger partial charge on any atom is -0.349 e. The van der Waals surface area contributed by atoms with Crippen molar-refractivity contribution in [1.29, 1.82) is 0 Å². The molecule has 1 N–H and O–H groups in total. The van der Waals surface area contributed by atoms with Gasteiger partial charge in [0.1, 0.15) is 6.33 Å². The molecule has 3 rings (SSSR count). The average molecular weight is 348 g/mol. The van der Waals surface area contributed by atoms with Crippen molar-refractivity contribution < 1.29 is 0 Å². The van der Waals surface area contributed by atoms with Gasteiger partial charge in [0.05, 0.1) is 6.54 Å². The van der Waals surface area contributed by atoms with Crippen LogP contribution in [0.25, 0.3) is 5.69 Å². The fourth-order valence-corrected chi connectivity index (χ4v) is 2.84. The summed E-state index contributed by atoms with van der Waals surface area (Å²) in [6.45, 7) is 3.46. The van der Waals surface area contributed by atoms with Crippen LogP contribution < -0.4 is 5.32 Å². The zero-order chi connectivity index (χ0) is 18.4. The molecule has 0 aliphatic rings. The molecule has 0 unspecified atom stereocenters. The van der Waals surface area contributed by atoms with E-state index in [-0.39, 0.29) is 0 Å². The van der Waals surface area contributed by atoms with Crippen molar-refractivity contribution in [3.8, 4) is 5.69 Å². The summed E-state index contributed by atoms with van der Waals surface area (Å²) in [6.07, 6.45) is 1.73. The van der Waals surface area contributed by atoms with Gasteiger partial charge in [0.2, 0.25) is 0 Å². The van der Waals surface area contributed by atoms with Crippen molar-refractivity contribution >= 4 is 5.96 Å². The summed E-state index contributed by atoms with van der Waals surface area (Å²) in [5.74, 6) is 1.65. The molecule has 0 bridgehead atoms. The number of nitrogens with one attached hydrogen (secondary N) is 1. The Bertz CT molecular complexity index is 869. The van der Waals surface area contributed by atoms with Crippen LogP contribution >= 0.6 is 0 Å². The highest BCUT2D eigenvalue weighted by Gasteiger charge is 2.11. The number of guanidine groups is 1. The topological polar surface area (TPSA) is 58.3 Å². The molecule has 1 heterocycles. The fourth-order valence-electron chi connectivity index (χ4n) is 2.84. The summed E-state index contributed by atoms with van der Waals surface area (Å²) >= 11 is 0.